The Morgan fingerprint density at radius 2 is 2.00 bits per heavy atom. The van der Waals surface area contributed by atoms with Crippen LogP contribution in [0.25, 0.3) is 12.2 Å². The lowest BCUT2D eigenvalue weighted by molar-refractivity contribution is -0.118. The summed E-state index contributed by atoms with van der Waals surface area (Å²) in [5, 5.41) is 2.90. The predicted molar refractivity (Wildman–Crippen MR) is 130 cm³/mol. The average molecular weight is 515 g/mol. The number of ether oxygens (including phenoxy) is 1. The molecule has 0 spiro atoms. The third-order valence-corrected chi connectivity index (χ3v) is 6.75. The molecule has 1 aliphatic carbocycles. The second-order valence-electron chi connectivity index (χ2n) is 8.05. The summed E-state index contributed by atoms with van der Waals surface area (Å²) in [5.41, 5.74) is 0.333. The van der Waals surface area contributed by atoms with Crippen LogP contribution < -0.4 is 31.0 Å². The maximum Gasteiger partial charge on any atom is 0.340 e. The van der Waals surface area contributed by atoms with Gasteiger partial charge < -0.3 is 14.5 Å². The molecule has 2 N–H and O–H groups in total. The summed E-state index contributed by atoms with van der Waals surface area (Å²) in [6, 6.07) is 6.01. The van der Waals surface area contributed by atoms with E-state index in [-0.39, 0.29) is 29.2 Å². The van der Waals surface area contributed by atoms with Gasteiger partial charge in [-0.3, -0.25) is 9.52 Å². The van der Waals surface area contributed by atoms with E-state index in [1.165, 1.54) is 25.2 Å². The lowest BCUT2D eigenvalue weighted by atomic mass is 9.98. The smallest absolute Gasteiger partial charge is 0.340 e. The third-order valence-electron chi connectivity index (χ3n) is 5.57. The van der Waals surface area contributed by atoms with Crippen molar-refractivity contribution in [2.24, 2.45) is 0 Å². The molecule has 2 heterocycles. The van der Waals surface area contributed by atoms with E-state index in [9.17, 15) is 18.0 Å². The van der Waals surface area contributed by atoms with Gasteiger partial charge >= 0.3 is 11.6 Å². The van der Waals surface area contributed by atoms with Gasteiger partial charge in [0.2, 0.25) is 15.9 Å². The van der Waals surface area contributed by atoms with Gasteiger partial charge in [-0.1, -0.05) is 18.2 Å². The van der Waals surface area contributed by atoms with Crippen LogP contribution in [-0.2, 0) is 21.2 Å². The number of sulfonamides is 1. The number of anilines is 1. The maximum absolute atomic E-state index is 15.2. The Labute approximate surface area is 205 Å². The number of rotatable bonds is 8. The highest BCUT2D eigenvalue weighted by atomic mass is 32.2. The van der Waals surface area contributed by atoms with Crippen molar-refractivity contribution in [3.05, 3.63) is 80.2 Å². The minimum atomic E-state index is -4.13. The van der Waals surface area contributed by atoms with Gasteiger partial charge in [0.1, 0.15) is 17.3 Å². The molecule has 188 valence electrons. The normalized spacial score (nSPS) is 14.7. The Morgan fingerprint density at radius 3 is 2.72 bits per heavy atom. The van der Waals surface area contributed by atoms with Gasteiger partial charge in [-0.05, 0) is 36.3 Å². The van der Waals surface area contributed by atoms with Crippen LogP contribution in [0.15, 0.2) is 45.9 Å². The van der Waals surface area contributed by atoms with E-state index in [0.29, 0.717) is 22.6 Å². The molecule has 1 unspecified atom stereocenters. The zero-order valence-corrected chi connectivity index (χ0v) is 20.3. The minimum absolute atomic E-state index is 0.0905. The molecule has 36 heavy (non-hydrogen) atoms. The second-order valence-corrected chi connectivity index (χ2v) is 9.78. The van der Waals surface area contributed by atoms with Crippen LogP contribution in [0.4, 0.5) is 10.1 Å². The molecule has 1 aliphatic rings. The molecule has 3 aromatic rings. The van der Waals surface area contributed by atoms with E-state index in [4.69, 9.17) is 9.15 Å². The van der Waals surface area contributed by atoms with Crippen LogP contribution in [0, 0.1) is 12.7 Å². The Bertz CT molecular complexity index is 1590. The summed E-state index contributed by atoms with van der Waals surface area (Å²) in [4.78, 5) is 32.3. The molecule has 1 atom stereocenters. The summed E-state index contributed by atoms with van der Waals surface area (Å²) in [5.74, 6) is -2.44. The van der Waals surface area contributed by atoms with E-state index in [1.54, 1.807) is 31.5 Å². The molecule has 0 saturated carbocycles. The molecule has 1 amide bonds. The average Bonchev–Trinajstić information content (AvgIpc) is 2.84. The number of benzene rings is 1. The summed E-state index contributed by atoms with van der Waals surface area (Å²) in [7, 11) is -2.83. The van der Waals surface area contributed by atoms with Crippen LogP contribution in [0.3, 0.4) is 0 Å². The van der Waals surface area contributed by atoms with Crippen molar-refractivity contribution in [1.82, 2.24) is 15.3 Å². The molecule has 12 heteroatoms. The highest BCUT2D eigenvalue weighted by Crippen LogP contribution is 2.22. The number of nitrogens with one attached hydrogen (secondary N) is 2. The van der Waals surface area contributed by atoms with E-state index in [0.717, 1.165) is 0 Å². The van der Waals surface area contributed by atoms with Gasteiger partial charge in [0.15, 0.2) is 5.82 Å². The summed E-state index contributed by atoms with van der Waals surface area (Å²) in [6.45, 7) is 1.74. The number of carbonyl (C=O) groups excluding carboxylic acids is 1. The van der Waals surface area contributed by atoms with Gasteiger partial charge in [-0.2, -0.15) is 0 Å². The number of fused-ring (bicyclic) bond motifs is 1. The minimum Gasteiger partial charge on any atom is -0.455 e. The molecule has 0 radical (unpaired) electrons. The highest BCUT2D eigenvalue weighted by Gasteiger charge is 2.21. The molecule has 0 aliphatic heterocycles. The molecule has 0 fully saturated rings. The largest absolute Gasteiger partial charge is 0.455 e. The summed E-state index contributed by atoms with van der Waals surface area (Å²) < 4.78 is 52.8. The maximum atomic E-state index is 15.2. The first kappa shape index (κ1) is 25.0. The van der Waals surface area contributed by atoms with Crippen LogP contribution in [0.1, 0.15) is 23.1 Å². The molecule has 1 aromatic carbocycles. The highest BCUT2D eigenvalue weighted by molar-refractivity contribution is 7.93. The van der Waals surface area contributed by atoms with Crippen molar-refractivity contribution >= 4 is 33.8 Å². The number of nitrogens with zero attached hydrogens (tertiary/aromatic N) is 2. The Balaban J connectivity index is 1.61. The zero-order chi connectivity index (χ0) is 25.9. The Hall–Kier alpha value is -4.06. The van der Waals surface area contributed by atoms with Crippen molar-refractivity contribution in [3.63, 3.8) is 0 Å². The van der Waals surface area contributed by atoms with Gasteiger partial charge in [0.25, 0.3) is 0 Å². The van der Waals surface area contributed by atoms with E-state index < -0.39 is 39.2 Å². The summed E-state index contributed by atoms with van der Waals surface area (Å²) in [6.07, 6.45) is 6.59. The molecule has 4 rings (SSSR count). The second kappa shape index (κ2) is 10.3. The number of hydrogen-bond acceptors (Lipinski definition) is 8. The standard InChI is InChI=1S/C24H23FN4O6S/c1-14-17-8-7-16(34-24-27-9-4-10-28-24)12-20(17)35-23(31)18(14)11-15-5-3-6-19(22(15)25)29-36(32,33)13-21(30)26-2/h3-6,8-10,12,16,29H,7,11,13H2,1-2H3,(H,26,30). The van der Waals surface area contributed by atoms with E-state index in [2.05, 4.69) is 20.0 Å². The lowest BCUT2D eigenvalue weighted by Crippen LogP contribution is -2.39. The Kier molecular flexibility index (Phi) is 7.15. The fraction of sp³-hybridized carbons (Fsp3) is 0.250. The molecule has 0 bridgehead atoms. The van der Waals surface area contributed by atoms with Gasteiger partial charge in [0, 0.05) is 43.1 Å². The quantitative estimate of drug-likeness (QED) is 0.439. The van der Waals surface area contributed by atoms with Crippen molar-refractivity contribution in [2.75, 3.05) is 17.5 Å². The number of hydrogen-bond donors (Lipinski definition) is 2. The fourth-order valence-electron chi connectivity index (χ4n) is 3.77. The molecular formula is C24H23FN4O6S. The summed E-state index contributed by atoms with van der Waals surface area (Å²) >= 11 is 0. The first-order valence-electron chi connectivity index (χ1n) is 10.9. The van der Waals surface area contributed by atoms with Crippen molar-refractivity contribution < 1.29 is 26.8 Å². The van der Waals surface area contributed by atoms with Crippen molar-refractivity contribution in [3.8, 4) is 6.01 Å². The number of halogens is 1. The van der Waals surface area contributed by atoms with Crippen LogP contribution in [-0.4, -0.2) is 43.2 Å². The van der Waals surface area contributed by atoms with E-state index >= 15 is 4.39 Å². The molecular weight excluding hydrogens is 491 g/mol. The Morgan fingerprint density at radius 1 is 1.25 bits per heavy atom. The van der Waals surface area contributed by atoms with Crippen molar-refractivity contribution in [1.29, 1.82) is 0 Å². The molecule has 2 aromatic heterocycles. The SMILES string of the molecule is CNC(=O)CS(=O)(=O)Nc1cccc(Cc2c(C)c3c(oc2=O)=CC(Oc2ncccn2)CC=3)c1F. The van der Waals surface area contributed by atoms with Crippen LogP contribution in [0.2, 0.25) is 0 Å². The molecule has 10 nitrogen and oxygen atoms in total. The van der Waals surface area contributed by atoms with Gasteiger partial charge in [-0.25, -0.2) is 27.6 Å². The van der Waals surface area contributed by atoms with E-state index in [1.807, 2.05) is 6.08 Å². The first-order valence-corrected chi connectivity index (χ1v) is 12.6. The lowest BCUT2D eigenvalue weighted by Gasteiger charge is -2.16. The monoisotopic (exact) mass is 514 g/mol. The number of amides is 1. The first-order chi connectivity index (χ1) is 17.2. The van der Waals surface area contributed by atoms with Crippen LogP contribution >= 0.6 is 0 Å². The number of aromatic nitrogens is 2. The third kappa shape index (κ3) is 5.60. The van der Waals surface area contributed by atoms with Gasteiger partial charge in [0.05, 0.1) is 5.69 Å². The van der Waals surface area contributed by atoms with Crippen LogP contribution in [0.5, 0.6) is 6.01 Å². The van der Waals surface area contributed by atoms with Gasteiger partial charge in [-0.15, -0.1) is 0 Å². The predicted octanol–water partition coefficient (Wildman–Crippen LogP) is 0.368. The number of carbonyl (C=O) groups is 1. The zero-order valence-electron chi connectivity index (χ0n) is 19.4. The molecule has 0 saturated heterocycles. The topological polar surface area (TPSA) is 140 Å². The van der Waals surface area contributed by atoms with Crippen molar-refractivity contribution in [2.45, 2.75) is 25.9 Å². The fourth-order valence-corrected chi connectivity index (χ4v) is 4.82.